The van der Waals surface area contributed by atoms with Crippen LogP contribution in [0.15, 0.2) is 47.5 Å². The maximum atomic E-state index is 12.8. The molecule has 0 radical (unpaired) electrons. The standard InChI is InChI=1S/C22H24N2O6S2/c1-28-15-6-4-14(5-7-15)10-21(25)23-22-24(18-12-32(26,27)13-20(18)31-22)17-11-16(29-2)8-9-19(17)30-3/h4-9,11,18,20H,10,12-13H2,1-3H3/t18-,20+/m1/s1. The van der Waals surface area contributed by atoms with Crippen molar-refractivity contribution in [1.82, 2.24) is 0 Å². The number of nitrogens with zero attached hydrogens (tertiary/aromatic N) is 2. The molecule has 0 N–H and O–H groups in total. The second-order valence-electron chi connectivity index (χ2n) is 7.52. The highest BCUT2D eigenvalue weighted by Gasteiger charge is 2.50. The second kappa shape index (κ2) is 9.03. The summed E-state index contributed by atoms with van der Waals surface area (Å²) >= 11 is 1.32. The molecule has 4 rings (SSSR count). The van der Waals surface area contributed by atoms with Gasteiger partial charge in [-0.05, 0) is 29.8 Å². The number of benzene rings is 2. The highest BCUT2D eigenvalue weighted by Crippen LogP contribution is 2.45. The third kappa shape index (κ3) is 4.56. The van der Waals surface area contributed by atoms with E-state index >= 15 is 0 Å². The zero-order chi connectivity index (χ0) is 22.9. The summed E-state index contributed by atoms with van der Waals surface area (Å²) in [5.74, 6) is 1.59. The van der Waals surface area contributed by atoms with Gasteiger partial charge in [-0.3, -0.25) is 4.79 Å². The molecule has 2 heterocycles. The van der Waals surface area contributed by atoms with E-state index in [2.05, 4.69) is 4.99 Å². The monoisotopic (exact) mass is 476 g/mol. The maximum absolute atomic E-state index is 12.8. The van der Waals surface area contributed by atoms with Crippen molar-refractivity contribution in [1.29, 1.82) is 0 Å². The summed E-state index contributed by atoms with van der Waals surface area (Å²) in [6.45, 7) is 0. The van der Waals surface area contributed by atoms with Gasteiger partial charge in [0.2, 0.25) is 0 Å². The minimum Gasteiger partial charge on any atom is -0.497 e. The number of rotatable bonds is 6. The van der Waals surface area contributed by atoms with Crippen LogP contribution >= 0.6 is 11.8 Å². The fraction of sp³-hybridized carbons (Fsp3) is 0.364. The normalized spacial score (nSPS) is 22.6. The van der Waals surface area contributed by atoms with E-state index in [4.69, 9.17) is 14.2 Å². The second-order valence-corrected chi connectivity index (χ2v) is 10.9. The Balaban J connectivity index is 1.68. The van der Waals surface area contributed by atoms with Gasteiger partial charge in [-0.1, -0.05) is 23.9 Å². The summed E-state index contributed by atoms with van der Waals surface area (Å²) in [5, 5.41) is 0.267. The van der Waals surface area contributed by atoms with Gasteiger partial charge in [0.1, 0.15) is 17.2 Å². The molecule has 0 spiro atoms. The van der Waals surface area contributed by atoms with Crippen LogP contribution in [0.5, 0.6) is 17.2 Å². The molecular formula is C22H24N2O6S2. The fourth-order valence-corrected chi connectivity index (χ4v) is 7.82. The predicted molar refractivity (Wildman–Crippen MR) is 125 cm³/mol. The molecule has 0 aromatic heterocycles. The number of carbonyl (C=O) groups excluding carboxylic acids is 1. The van der Waals surface area contributed by atoms with Crippen LogP contribution in [0, 0.1) is 0 Å². The number of fused-ring (bicyclic) bond motifs is 1. The highest BCUT2D eigenvalue weighted by molar-refractivity contribution is 8.16. The number of anilines is 1. The van der Waals surface area contributed by atoms with E-state index in [0.29, 0.717) is 28.1 Å². The van der Waals surface area contributed by atoms with Crippen LogP contribution in [-0.4, -0.2) is 63.6 Å². The SMILES string of the molecule is COc1ccc(CC(=O)N=C2S[C@H]3CS(=O)(=O)C[C@H]3N2c2cc(OC)ccc2OC)cc1. The van der Waals surface area contributed by atoms with E-state index in [9.17, 15) is 13.2 Å². The van der Waals surface area contributed by atoms with Crippen molar-refractivity contribution in [3.8, 4) is 17.2 Å². The number of hydrogen-bond donors (Lipinski definition) is 0. The van der Waals surface area contributed by atoms with Crippen molar-refractivity contribution in [3.05, 3.63) is 48.0 Å². The maximum Gasteiger partial charge on any atom is 0.252 e. The third-order valence-corrected chi connectivity index (χ3v) is 8.66. The summed E-state index contributed by atoms with van der Waals surface area (Å²) in [7, 11) is 1.51. The minimum absolute atomic E-state index is 0.00325. The smallest absolute Gasteiger partial charge is 0.252 e. The van der Waals surface area contributed by atoms with Crippen LogP contribution in [0.1, 0.15) is 5.56 Å². The van der Waals surface area contributed by atoms with Gasteiger partial charge in [0.15, 0.2) is 15.0 Å². The van der Waals surface area contributed by atoms with Gasteiger partial charge >= 0.3 is 0 Å². The first-order valence-corrected chi connectivity index (χ1v) is 12.7. The molecular weight excluding hydrogens is 452 g/mol. The van der Waals surface area contributed by atoms with E-state index in [1.165, 1.54) is 11.8 Å². The molecule has 2 aromatic rings. The Hall–Kier alpha value is -2.72. The lowest BCUT2D eigenvalue weighted by Gasteiger charge is -2.26. The Bertz CT molecular complexity index is 1150. The first kappa shape index (κ1) is 22.5. The van der Waals surface area contributed by atoms with Crippen LogP contribution in [-0.2, 0) is 21.1 Å². The van der Waals surface area contributed by atoms with Crippen LogP contribution < -0.4 is 19.1 Å². The Labute approximate surface area is 191 Å². The Morgan fingerprint density at radius 2 is 1.72 bits per heavy atom. The van der Waals surface area contributed by atoms with Crippen molar-refractivity contribution < 1.29 is 27.4 Å². The molecule has 2 aliphatic rings. The first-order valence-electron chi connectivity index (χ1n) is 9.96. The number of amidine groups is 1. The van der Waals surface area contributed by atoms with Gasteiger partial charge in [0, 0.05) is 11.3 Å². The van der Waals surface area contributed by atoms with E-state index in [-0.39, 0.29) is 35.1 Å². The average Bonchev–Trinajstić information content (AvgIpc) is 3.24. The Morgan fingerprint density at radius 3 is 2.38 bits per heavy atom. The van der Waals surface area contributed by atoms with Crippen LogP contribution in [0.2, 0.25) is 0 Å². The van der Waals surface area contributed by atoms with Crippen molar-refractivity contribution in [3.63, 3.8) is 0 Å². The largest absolute Gasteiger partial charge is 0.497 e. The summed E-state index contributed by atoms with van der Waals surface area (Å²) < 4.78 is 40.6. The number of methoxy groups -OCH3 is 3. The number of sulfone groups is 1. The number of ether oxygens (including phenoxy) is 3. The lowest BCUT2D eigenvalue weighted by molar-refractivity contribution is -0.117. The van der Waals surface area contributed by atoms with Crippen LogP contribution in [0.25, 0.3) is 0 Å². The van der Waals surface area contributed by atoms with Crippen molar-refractivity contribution in [2.24, 2.45) is 4.99 Å². The molecule has 8 nitrogen and oxygen atoms in total. The topological polar surface area (TPSA) is 94.5 Å². The van der Waals surface area contributed by atoms with Crippen molar-refractivity contribution in [2.75, 3.05) is 37.7 Å². The zero-order valence-electron chi connectivity index (χ0n) is 18.0. The predicted octanol–water partition coefficient (Wildman–Crippen LogP) is 2.56. The zero-order valence-corrected chi connectivity index (χ0v) is 19.6. The Morgan fingerprint density at radius 1 is 1.03 bits per heavy atom. The number of aliphatic imine (C=N–C) groups is 1. The lowest BCUT2D eigenvalue weighted by atomic mass is 10.1. The van der Waals surface area contributed by atoms with Crippen LogP contribution in [0.3, 0.4) is 0 Å². The van der Waals surface area contributed by atoms with Gasteiger partial charge in [-0.2, -0.15) is 4.99 Å². The molecule has 0 aliphatic carbocycles. The van der Waals surface area contributed by atoms with Gasteiger partial charge in [0.05, 0.1) is 51.0 Å². The molecule has 170 valence electrons. The summed E-state index contributed by atoms with van der Waals surface area (Å²) in [6.07, 6.45) is 0.130. The van der Waals surface area contributed by atoms with E-state index in [0.717, 1.165) is 5.56 Å². The lowest BCUT2D eigenvalue weighted by Crippen LogP contribution is -2.38. The molecule has 0 bridgehead atoms. The van der Waals surface area contributed by atoms with Gasteiger partial charge in [-0.25, -0.2) is 8.42 Å². The number of thioether (sulfide) groups is 1. The molecule has 2 atom stereocenters. The summed E-state index contributed by atoms with van der Waals surface area (Å²) in [4.78, 5) is 19.0. The van der Waals surface area contributed by atoms with Gasteiger partial charge in [0.25, 0.3) is 5.91 Å². The fourth-order valence-electron chi connectivity index (χ4n) is 3.90. The average molecular weight is 477 g/mol. The van der Waals surface area contributed by atoms with Gasteiger partial charge in [-0.15, -0.1) is 0 Å². The number of carbonyl (C=O) groups is 1. The number of amides is 1. The first-order chi connectivity index (χ1) is 15.3. The molecule has 32 heavy (non-hydrogen) atoms. The molecule has 0 unspecified atom stereocenters. The minimum atomic E-state index is -3.18. The number of hydrogen-bond acceptors (Lipinski definition) is 7. The van der Waals surface area contributed by atoms with Gasteiger partial charge < -0.3 is 19.1 Å². The molecule has 2 saturated heterocycles. The molecule has 2 fully saturated rings. The van der Waals surface area contributed by atoms with E-state index < -0.39 is 9.84 Å². The summed E-state index contributed by atoms with van der Waals surface area (Å²) in [5.41, 5.74) is 1.44. The van der Waals surface area contributed by atoms with E-state index in [1.807, 2.05) is 17.0 Å². The molecule has 1 amide bonds. The molecule has 10 heteroatoms. The summed E-state index contributed by atoms with van der Waals surface area (Å²) in [6, 6.07) is 12.2. The van der Waals surface area contributed by atoms with Crippen LogP contribution in [0.4, 0.5) is 5.69 Å². The highest BCUT2D eigenvalue weighted by atomic mass is 32.2. The molecule has 2 aliphatic heterocycles. The molecule has 2 aromatic carbocycles. The Kier molecular flexibility index (Phi) is 6.34. The van der Waals surface area contributed by atoms with Crippen molar-refractivity contribution in [2.45, 2.75) is 17.7 Å². The van der Waals surface area contributed by atoms with Crippen molar-refractivity contribution >= 4 is 38.4 Å². The quantitative estimate of drug-likeness (QED) is 0.628. The third-order valence-electron chi connectivity index (χ3n) is 5.45. The molecule has 0 saturated carbocycles. The van der Waals surface area contributed by atoms with E-state index in [1.54, 1.807) is 51.7 Å².